The molecule has 0 spiro atoms. The molecule has 2 heteroatoms. The van der Waals surface area contributed by atoms with Crippen molar-refractivity contribution in [3.8, 4) is 0 Å². The minimum Gasteiger partial charge on any atom is -0.344 e. The fourth-order valence-electron chi connectivity index (χ4n) is 1.44. The van der Waals surface area contributed by atoms with E-state index in [1.165, 1.54) is 10.9 Å². The first-order valence-electron chi connectivity index (χ1n) is 4.19. The zero-order valence-electron chi connectivity index (χ0n) is 7.36. The molecule has 0 aliphatic rings. The topological polar surface area (TPSA) is 17.8 Å². The maximum absolute atomic E-state index is 4.11. The van der Waals surface area contributed by atoms with E-state index in [2.05, 4.69) is 35.7 Å². The largest absolute Gasteiger partial charge is 0.344 e. The molecule has 0 unspecified atom stereocenters. The van der Waals surface area contributed by atoms with E-state index in [-0.39, 0.29) is 0 Å². The van der Waals surface area contributed by atoms with Crippen molar-refractivity contribution in [3.05, 3.63) is 30.7 Å². The van der Waals surface area contributed by atoms with E-state index >= 15 is 0 Å². The SMILES string of the molecule is CC(C)n1ccc2ccncc21. The number of hydrogen-bond acceptors (Lipinski definition) is 1. The van der Waals surface area contributed by atoms with Crippen LogP contribution >= 0.6 is 0 Å². The molecule has 0 aliphatic heterocycles. The van der Waals surface area contributed by atoms with Gasteiger partial charge in [-0.1, -0.05) is 0 Å². The van der Waals surface area contributed by atoms with Gasteiger partial charge in [0.15, 0.2) is 0 Å². The summed E-state index contributed by atoms with van der Waals surface area (Å²) in [4.78, 5) is 4.11. The Morgan fingerprint density at radius 3 is 2.92 bits per heavy atom. The highest BCUT2D eigenvalue weighted by atomic mass is 15.0. The molecule has 0 saturated heterocycles. The molecule has 12 heavy (non-hydrogen) atoms. The number of hydrogen-bond donors (Lipinski definition) is 0. The molecule has 2 rings (SSSR count). The Morgan fingerprint density at radius 2 is 2.17 bits per heavy atom. The number of fused-ring (bicyclic) bond motifs is 1. The molecule has 0 aliphatic carbocycles. The van der Waals surface area contributed by atoms with Crippen LogP contribution in [-0.4, -0.2) is 9.55 Å². The van der Waals surface area contributed by atoms with Crippen LogP contribution in [0.25, 0.3) is 10.9 Å². The van der Waals surface area contributed by atoms with Gasteiger partial charge in [0.2, 0.25) is 0 Å². The van der Waals surface area contributed by atoms with Crippen LogP contribution in [-0.2, 0) is 0 Å². The second-order valence-electron chi connectivity index (χ2n) is 3.25. The Balaban J connectivity index is 2.70. The van der Waals surface area contributed by atoms with E-state index in [1.54, 1.807) is 0 Å². The molecule has 2 aromatic rings. The molecule has 2 nitrogen and oxygen atoms in total. The van der Waals surface area contributed by atoms with Crippen molar-refractivity contribution in [1.82, 2.24) is 9.55 Å². The van der Waals surface area contributed by atoms with Crippen molar-refractivity contribution in [1.29, 1.82) is 0 Å². The average molecular weight is 160 g/mol. The summed E-state index contributed by atoms with van der Waals surface area (Å²) in [5.74, 6) is 0. The van der Waals surface area contributed by atoms with Crippen molar-refractivity contribution in [2.75, 3.05) is 0 Å². The van der Waals surface area contributed by atoms with Crippen LogP contribution < -0.4 is 0 Å². The summed E-state index contributed by atoms with van der Waals surface area (Å²) in [6.07, 6.45) is 5.85. The molecule has 2 aromatic heterocycles. The lowest BCUT2D eigenvalue weighted by molar-refractivity contribution is 0.622. The van der Waals surface area contributed by atoms with Crippen LogP contribution in [0.2, 0.25) is 0 Å². The van der Waals surface area contributed by atoms with E-state index in [4.69, 9.17) is 0 Å². The summed E-state index contributed by atoms with van der Waals surface area (Å²) in [5.41, 5.74) is 1.22. The van der Waals surface area contributed by atoms with Gasteiger partial charge in [-0.3, -0.25) is 4.98 Å². The van der Waals surface area contributed by atoms with Gasteiger partial charge >= 0.3 is 0 Å². The lowest BCUT2D eigenvalue weighted by atomic mass is 10.3. The Bertz CT molecular complexity index is 387. The predicted octanol–water partition coefficient (Wildman–Crippen LogP) is 2.62. The van der Waals surface area contributed by atoms with Gasteiger partial charge in [-0.15, -0.1) is 0 Å². The van der Waals surface area contributed by atoms with E-state index in [0.29, 0.717) is 6.04 Å². The van der Waals surface area contributed by atoms with E-state index in [9.17, 15) is 0 Å². The highest BCUT2D eigenvalue weighted by Gasteiger charge is 2.01. The first kappa shape index (κ1) is 7.35. The van der Waals surface area contributed by atoms with Crippen molar-refractivity contribution in [2.24, 2.45) is 0 Å². The zero-order chi connectivity index (χ0) is 8.55. The highest BCUT2D eigenvalue weighted by molar-refractivity contribution is 5.78. The highest BCUT2D eigenvalue weighted by Crippen LogP contribution is 2.17. The fraction of sp³-hybridized carbons (Fsp3) is 0.300. The summed E-state index contributed by atoms with van der Waals surface area (Å²) < 4.78 is 2.22. The molecular weight excluding hydrogens is 148 g/mol. The second kappa shape index (κ2) is 2.63. The lowest BCUT2D eigenvalue weighted by Crippen LogP contribution is -1.97. The van der Waals surface area contributed by atoms with Crippen molar-refractivity contribution >= 4 is 10.9 Å². The van der Waals surface area contributed by atoms with Crippen molar-refractivity contribution < 1.29 is 0 Å². The quantitative estimate of drug-likeness (QED) is 0.627. The van der Waals surface area contributed by atoms with Gasteiger partial charge in [0.05, 0.1) is 11.7 Å². The van der Waals surface area contributed by atoms with Crippen LogP contribution in [0.3, 0.4) is 0 Å². The second-order valence-corrected chi connectivity index (χ2v) is 3.25. The van der Waals surface area contributed by atoms with Gasteiger partial charge < -0.3 is 4.57 Å². The molecule has 0 saturated carbocycles. The third-order valence-corrected chi connectivity index (χ3v) is 2.08. The molecule has 0 radical (unpaired) electrons. The Morgan fingerprint density at radius 1 is 1.33 bits per heavy atom. The first-order valence-corrected chi connectivity index (χ1v) is 4.19. The van der Waals surface area contributed by atoms with Gasteiger partial charge in [-0.2, -0.15) is 0 Å². The monoisotopic (exact) mass is 160 g/mol. The maximum atomic E-state index is 4.11. The first-order chi connectivity index (χ1) is 5.79. The Labute approximate surface area is 71.8 Å². The fourth-order valence-corrected chi connectivity index (χ4v) is 1.44. The maximum Gasteiger partial charge on any atom is 0.0669 e. The third kappa shape index (κ3) is 0.998. The Hall–Kier alpha value is -1.31. The number of rotatable bonds is 1. The van der Waals surface area contributed by atoms with Gasteiger partial charge in [-0.25, -0.2) is 0 Å². The van der Waals surface area contributed by atoms with Crippen LogP contribution in [0.15, 0.2) is 30.7 Å². The lowest BCUT2D eigenvalue weighted by Gasteiger charge is -2.07. The summed E-state index contributed by atoms with van der Waals surface area (Å²) >= 11 is 0. The zero-order valence-corrected chi connectivity index (χ0v) is 7.36. The minimum atomic E-state index is 0.506. The molecule has 2 heterocycles. The number of aromatic nitrogens is 2. The van der Waals surface area contributed by atoms with E-state index in [1.807, 2.05) is 18.5 Å². The van der Waals surface area contributed by atoms with Crippen LogP contribution in [0.4, 0.5) is 0 Å². The predicted molar refractivity (Wildman–Crippen MR) is 50.1 cm³/mol. The van der Waals surface area contributed by atoms with Gasteiger partial charge in [-0.05, 0) is 26.0 Å². The van der Waals surface area contributed by atoms with Gasteiger partial charge in [0, 0.05) is 23.8 Å². The van der Waals surface area contributed by atoms with Crippen molar-refractivity contribution in [2.45, 2.75) is 19.9 Å². The smallest absolute Gasteiger partial charge is 0.0669 e. The molecular formula is C10H12N2. The summed E-state index contributed by atoms with van der Waals surface area (Å²) in [7, 11) is 0. The third-order valence-electron chi connectivity index (χ3n) is 2.08. The molecule has 0 amide bonds. The van der Waals surface area contributed by atoms with E-state index in [0.717, 1.165) is 0 Å². The molecule has 0 fully saturated rings. The number of nitrogens with zero attached hydrogens (tertiary/aromatic N) is 2. The average Bonchev–Trinajstić information content (AvgIpc) is 2.47. The number of pyridine rings is 1. The van der Waals surface area contributed by atoms with Crippen molar-refractivity contribution in [3.63, 3.8) is 0 Å². The summed E-state index contributed by atoms with van der Waals surface area (Å²) in [5, 5.41) is 1.26. The summed E-state index contributed by atoms with van der Waals surface area (Å²) in [6, 6.07) is 4.66. The van der Waals surface area contributed by atoms with Gasteiger partial charge in [0.1, 0.15) is 0 Å². The Kier molecular flexibility index (Phi) is 1.61. The molecule has 0 N–H and O–H groups in total. The molecule has 0 aromatic carbocycles. The van der Waals surface area contributed by atoms with Crippen LogP contribution in [0.5, 0.6) is 0 Å². The van der Waals surface area contributed by atoms with Crippen LogP contribution in [0.1, 0.15) is 19.9 Å². The molecule has 0 bridgehead atoms. The molecule has 0 atom stereocenters. The van der Waals surface area contributed by atoms with Gasteiger partial charge in [0.25, 0.3) is 0 Å². The normalized spacial score (nSPS) is 11.2. The molecule has 62 valence electrons. The summed E-state index contributed by atoms with van der Waals surface area (Å²) in [6.45, 7) is 4.35. The minimum absolute atomic E-state index is 0.506. The van der Waals surface area contributed by atoms with E-state index < -0.39 is 0 Å². The standard InChI is InChI=1S/C10H12N2/c1-8(2)12-6-4-9-3-5-11-7-10(9)12/h3-8H,1-2H3. The van der Waals surface area contributed by atoms with Crippen LogP contribution in [0, 0.1) is 0 Å².